The summed E-state index contributed by atoms with van der Waals surface area (Å²) >= 11 is 5.78. The number of hydrogen-bond donors (Lipinski definition) is 2. The second-order valence-electron chi connectivity index (χ2n) is 10.5. The Bertz CT molecular complexity index is 1200. The number of hydrogen-bond acceptors (Lipinski definition) is 7. The molecule has 0 saturated heterocycles. The van der Waals surface area contributed by atoms with Crippen LogP contribution >= 0.6 is 11.6 Å². The van der Waals surface area contributed by atoms with Crippen LogP contribution < -0.4 is 10.1 Å². The smallest absolute Gasteiger partial charge is 0.387 e. The van der Waals surface area contributed by atoms with Gasteiger partial charge >= 0.3 is 18.2 Å². The maximum absolute atomic E-state index is 13.3. The molecular weight excluding hydrogens is 580 g/mol. The first-order chi connectivity index (χ1) is 18.7. The monoisotopic (exact) mass is 612 g/mol. The van der Waals surface area contributed by atoms with Gasteiger partial charge in [0.15, 0.2) is 5.69 Å². The topological polar surface area (TPSA) is 123 Å². The van der Waals surface area contributed by atoms with Crippen molar-refractivity contribution in [2.75, 3.05) is 6.54 Å². The number of aliphatic hydroxyl groups is 1. The minimum atomic E-state index is -3.20. The molecule has 3 rings (SSSR count). The lowest BCUT2D eigenvalue weighted by molar-refractivity contribution is -0.0496. The first kappa shape index (κ1) is 33.6. The van der Waals surface area contributed by atoms with Crippen LogP contribution in [0, 0.1) is 11.3 Å². The molecule has 0 atom stereocenters. The van der Waals surface area contributed by atoms with Crippen LogP contribution in [0.1, 0.15) is 69.6 Å². The highest BCUT2D eigenvalue weighted by molar-refractivity contribution is 7.51. The Labute approximate surface area is 238 Å². The van der Waals surface area contributed by atoms with Gasteiger partial charge < -0.3 is 15.2 Å². The predicted molar refractivity (Wildman–Crippen MR) is 140 cm³/mol. The average molecular weight is 613 g/mol. The molecule has 2 aromatic rings. The van der Waals surface area contributed by atoms with E-state index in [2.05, 4.69) is 22.3 Å². The fourth-order valence-electron chi connectivity index (χ4n) is 4.37. The van der Waals surface area contributed by atoms with Crippen LogP contribution in [-0.2, 0) is 24.5 Å². The predicted octanol–water partition coefficient (Wildman–Crippen LogP) is 5.05. The lowest BCUT2D eigenvalue weighted by Crippen LogP contribution is -2.45. The van der Waals surface area contributed by atoms with Gasteiger partial charge in [0.1, 0.15) is 5.75 Å². The summed E-state index contributed by atoms with van der Waals surface area (Å²) in [6.45, 7) is 3.59. The van der Waals surface area contributed by atoms with E-state index in [1.807, 2.05) is 0 Å². The zero-order valence-corrected chi connectivity index (χ0v) is 24.1. The summed E-state index contributed by atoms with van der Waals surface area (Å²) in [5.74, 6) is -0.427. The van der Waals surface area contributed by atoms with E-state index in [-0.39, 0.29) is 52.9 Å². The third kappa shape index (κ3) is 8.71. The van der Waals surface area contributed by atoms with Gasteiger partial charge in [-0.3, -0.25) is 14.5 Å². The minimum Gasteiger partial charge on any atom is -0.434 e. The van der Waals surface area contributed by atoms with E-state index >= 15 is 0 Å². The van der Waals surface area contributed by atoms with Gasteiger partial charge in [0.25, 0.3) is 5.91 Å². The normalized spacial score (nSPS) is 19.2. The Morgan fingerprint density at radius 1 is 1.30 bits per heavy atom. The molecule has 1 amide bonds. The number of aromatic nitrogens is 3. The van der Waals surface area contributed by atoms with E-state index in [0.717, 1.165) is 12.8 Å². The van der Waals surface area contributed by atoms with Crippen molar-refractivity contribution < 1.29 is 40.6 Å². The number of rotatable bonds is 10. The largest absolute Gasteiger partial charge is 0.434 e. The number of alkyl halides is 4. The van der Waals surface area contributed by atoms with Gasteiger partial charge in [-0.15, -0.1) is 0 Å². The molecule has 0 spiro atoms. The SMILES string of the molecule is CCn1nc(C(=O)NCC2(O)CCC(C)CC2)c(Cl)c1-c1cnc(CC(C)(C)C(F)F)cc1OC(F)F.O=S=O. The fourth-order valence-corrected chi connectivity index (χ4v) is 4.69. The third-order valence-electron chi connectivity index (χ3n) is 6.81. The van der Waals surface area contributed by atoms with Crippen LogP contribution in [0.15, 0.2) is 12.3 Å². The van der Waals surface area contributed by atoms with Crippen molar-refractivity contribution in [3.63, 3.8) is 0 Å². The summed E-state index contributed by atoms with van der Waals surface area (Å²) in [5, 5.41) is 17.6. The van der Waals surface area contributed by atoms with E-state index < -0.39 is 41.5 Å². The molecule has 2 N–H and O–H groups in total. The third-order valence-corrected chi connectivity index (χ3v) is 7.17. The first-order valence-corrected chi connectivity index (χ1v) is 13.6. The summed E-state index contributed by atoms with van der Waals surface area (Å²) in [5.41, 5.74) is -2.30. The number of nitrogens with zero attached hydrogens (tertiary/aromatic N) is 3. The number of ether oxygens (including phenoxy) is 1. The van der Waals surface area contributed by atoms with Gasteiger partial charge in [-0.1, -0.05) is 32.4 Å². The lowest BCUT2D eigenvalue weighted by atomic mass is 9.79. The van der Waals surface area contributed by atoms with E-state index in [1.54, 1.807) is 6.92 Å². The Hall–Kier alpha value is -2.58. The summed E-state index contributed by atoms with van der Waals surface area (Å²) < 4.78 is 75.8. The van der Waals surface area contributed by atoms with E-state index in [0.29, 0.717) is 18.8 Å². The van der Waals surface area contributed by atoms with Crippen molar-refractivity contribution in [2.24, 2.45) is 11.3 Å². The Balaban J connectivity index is 0.00000178. The number of pyridine rings is 1. The quantitative estimate of drug-likeness (QED) is 0.360. The number of amides is 1. The van der Waals surface area contributed by atoms with Gasteiger partial charge in [0.05, 0.1) is 21.9 Å². The van der Waals surface area contributed by atoms with Gasteiger partial charge in [-0.25, -0.2) is 8.78 Å². The molecule has 0 unspecified atom stereocenters. The Kier molecular flexibility index (Phi) is 12.1. The highest BCUT2D eigenvalue weighted by Crippen LogP contribution is 2.39. The van der Waals surface area contributed by atoms with Crippen molar-refractivity contribution in [1.82, 2.24) is 20.1 Å². The maximum Gasteiger partial charge on any atom is 0.387 e. The fraction of sp³-hybridized carbons (Fsp3) is 0.640. The molecule has 2 heterocycles. The second kappa shape index (κ2) is 14.4. The molecule has 0 bridgehead atoms. The molecule has 224 valence electrons. The number of halogens is 5. The van der Waals surface area contributed by atoms with Crippen LogP contribution in [-0.4, -0.2) is 59.4 Å². The summed E-state index contributed by atoms with van der Waals surface area (Å²) in [4.78, 5) is 17.1. The van der Waals surface area contributed by atoms with Crippen LogP contribution in [0.2, 0.25) is 5.02 Å². The second-order valence-corrected chi connectivity index (χ2v) is 11.0. The Morgan fingerprint density at radius 2 is 1.90 bits per heavy atom. The maximum atomic E-state index is 13.3. The minimum absolute atomic E-state index is 0.0269. The molecule has 0 radical (unpaired) electrons. The zero-order valence-electron chi connectivity index (χ0n) is 22.6. The van der Waals surface area contributed by atoms with Crippen molar-refractivity contribution in [3.8, 4) is 17.0 Å². The summed E-state index contributed by atoms with van der Waals surface area (Å²) in [7, 11) is 0. The van der Waals surface area contributed by atoms with Crippen LogP contribution in [0.3, 0.4) is 0 Å². The molecule has 0 aromatic carbocycles. The molecule has 15 heteroatoms. The summed E-state index contributed by atoms with van der Waals surface area (Å²) in [6, 6.07) is 1.17. The molecule has 9 nitrogen and oxygen atoms in total. The van der Waals surface area contributed by atoms with Crippen molar-refractivity contribution in [2.45, 2.75) is 85.0 Å². The average Bonchev–Trinajstić information content (AvgIpc) is 3.21. The molecule has 1 aliphatic carbocycles. The molecule has 1 aliphatic rings. The summed E-state index contributed by atoms with van der Waals surface area (Å²) in [6.07, 6.45) is 1.20. The standard InChI is InChI=1S/C25H33ClF4N4O3.O2S/c1-5-34-20(16-12-31-15(10-17(16)37-23(29)30)11-24(3,4)22(27)28)18(26)19(33-34)21(35)32-13-25(36)8-6-14(2)7-9-25;1-3-2/h10,12,14,22-23,36H,5-9,11,13H2,1-4H3,(H,32,35);. The van der Waals surface area contributed by atoms with E-state index in [9.17, 15) is 27.5 Å². The van der Waals surface area contributed by atoms with Crippen molar-refractivity contribution in [3.05, 3.63) is 28.7 Å². The molecule has 1 fully saturated rings. The van der Waals surface area contributed by atoms with E-state index in [1.165, 1.54) is 30.8 Å². The molecular formula is C25H33ClF4N4O5S. The molecule has 2 aromatic heterocycles. The Morgan fingerprint density at radius 3 is 2.42 bits per heavy atom. The zero-order chi connectivity index (χ0) is 30.3. The molecule has 40 heavy (non-hydrogen) atoms. The highest BCUT2D eigenvalue weighted by atomic mass is 35.5. The van der Waals surface area contributed by atoms with Crippen molar-refractivity contribution in [1.29, 1.82) is 0 Å². The van der Waals surface area contributed by atoms with Crippen LogP contribution in [0.4, 0.5) is 17.6 Å². The van der Waals surface area contributed by atoms with Gasteiger partial charge in [-0.05, 0) is 38.5 Å². The molecule has 0 aliphatic heterocycles. The number of aryl methyl sites for hydroxylation is 1. The lowest BCUT2D eigenvalue weighted by Gasteiger charge is -2.34. The highest BCUT2D eigenvalue weighted by Gasteiger charge is 2.34. The molecule has 1 saturated carbocycles. The van der Waals surface area contributed by atoms with E-state index in [4.69, 9.17) is 24.8 Å². The van der Waals surface area contributed by atoms with Crippen molar-refractivity contribution >= 4 is 29.1 Å². The number of nitrogens with one attached hydrogen (secondary N) is 1. The first-order valence-electron chi connectivity index (χ1n) is 12.6. The van der Waals surface area contributed by atoms with Gasteiger partial charge in [0.2, 0.25) is 6.43 Å². The number of carbonyl (C=O) groups is 1. The van der Waals surface area contributed by atoms with Crippen LogP contribution in [0.5, 0.6) is 5.75 Å². The van der Waals surface area contributed by atoms with Gasteiger partial charge in [-0.2, -0.15) is 22.3 Å². The van der Waals surface area contributed by atoms with Crippen LogP contribution in [0.25, 0.3) is 11.3 Å². The van der Waals surface area contributed by atoms with Gasteiger partial charge in [0, 0.05) is 42.9 Å². The number of carbonyl (C=O) groups excluding carboxylic acids is 1.